The molecule has 28 heavy (non-hydrogen) atoms. The molecule has 2 aliphatic heterocycles. The van der Waals surface area contributed by atoms with Crippen LogP contribution < -0.4 is 15.2 Å². The maximum atomic E-state index is 12.7. The molecule has 2 aliphatic rings. The van der Waals surface area contributed by atoms with Gasteiger partial charge < -0.3 is 20.1 Å². The Morgan fingerprint density at radius 1 is 1.25 bits per heavy atom. The van der Waals surface area contributed by atoms with Crippen LogP contribution in [0.2, 0.25) is 0 Å². The number of carbonyl (C=O) groups is 1. The fraction of sp³-hybridized carbons (Fsp3) is 0.348. The number of fused-ring (bicyclic) bond motifs is 2. The van der Waals surface area contributed by atoms with E-state index < -0.39 is 0 Å². The summed E-state index contributed by atoms with van der Waals surface area (Å²) in [7, 11) is 1.64. The molecule has 4 rings (SSSR count). The fourth-order valence-electron chi connectivity index (χ4n) is 4.18. The molecule has 0 unspecified atom stereocenters. The number of hydrogen-bond acceptors (Lipinski definition) is 4. The van der Waals surface area contributed by atoms with Crippen LogP contribution in [0.4, 0.5) is 0 Å². The molecule has 0 bridgehead atoms. The van der Waals surface area contributed by atoms with Gasteiger partial charge in [0.15, 0.2) is 0 Å². The molecule has 5 heteroatoms. The third kappa shape index (κ3) is 3.38. The average Bonchev–Trinajstić information content (AvgIpc) is 3.10. The van der Waals surface area contributed by atoms with E-state index >= 15 is 0 Å². The van der Waals surface area contributed by atoms with Crippen LogP contribution >= 0.6 is 0 Å². The standard InChI is InChI=1S/C23H26N2O3/c1-27-20-5-3-2-4-18(20)7-9-22(26)25-12-10-23(11-13-25)16-28-21-8-6-17(15-24)14-19(21)23/h2-9,14H,10-13,15-16,24H2,1H3/b9-7-. The summed E-state index contributed by atoms with van der Waals surface area (Å²) in [6.07, 6.45) is 5.28. The Morgan fingerprint density at radius 2 is 2.04 bits per heavy atom. The molecule has 2 aromatic rings. The lowest BCUT2D eigenvalue weighted by Crippen LogP contribution is -2.45. The topological polar surface area (TPSA) is 64.8 Å². The highest BCUT2D eigenvalue weighted by molar-refractivity contribution is 5.92. The number of benzene rings is 2. The maximum absolute atomic E-state index is 12.7. The molecule has 146 valence electrons. The first kappa shape index (κ1) is 18.6. The van der Waals surface area contributed by atoms with Gasteiger partial charge in [-0.15, -0.1) is 0 Å². The van der Waals surface area contributed by atoms with Crippen molar-refractivity contribution in [2.75, 3.05) is 26.8 Å². The van der Waals surface area contributed by atoms with E-state index in [4.69, 9.17) is 15.2 Å². The van der Waals surface area contributed by atoms with Crippen molar-refractivity contribution in [3.63, 3.8) is 0 Å². The minimum Gasteiger partial charge on any atom is -0.496 e. The van der Waals surface area contributed by atoms with E-state index in [1.165, 1.54) is 5.56 Å². The first-order valence-corrected chi connectivity index (χ1v) is 9.71. The average molecular weight is 378 g/mol. The third-order valence-corrected chi connectivity index (χ3v) is 5.93. The van der Waals surface area contributed by atoms with E-state index in [9.17, 15) is 4.79 Å². The van der Waals surface area contributed by atoms with Gasteiger partial charge in [0.1, 0.15) is 11.5 Å². The van der Waals surface area contributed by atoms with Gasteiger partial charge in [0, 0.05) is 42.3 Å². The van der Waals surface area contributed by atoms with Crippen molar-refractivity contribution in [1.82, 2.24) is 4.90 Å². The quantitative estimate of drug-likeness (QED) is 0.831. The molecule has 0 atom stereocenters. The summed E-state index contributed by atoms with van der Waals surface area (Å²) in [4.78, 5) is 14.6. The van der Waals surface area contributed by atoms with Crippen LogP contribution in [0.1, 0.15) is 29.5 Å². The lowest BCUT2D eigenvalue weighted by Gasteiger charge is -2.38. The molecule has 0 radical (unpaired) electrons. The zero-order valence-electron chi connectivity index (χ0n) is 16.2. The molecule has 2 aromatic carbocycles. The summed E-state index contributed by atoms with van der Waals surface area (Å²) < 4.78 is 11.3. The number of nitrogens with zero attached hydrogens (tertiary/aromatic N) is 1. The van der Waals surface area contributed by atoms with Crippen molar-refractivity contribution in [2.24, 2.45) is 5.73 Å². The van der Waals surface area contributed by atoms with Crippen LogP contribution in [0.25, 0.3) is 6.08 Å². The molecule has 1 fully saturated rings. The van der Waals surface area contributed by atoms with Crippen LogP contribution in [0.15, 0.2) is 48.5 Å². The minimum absolute atomic E-state index is 0.00363. The van der Waals surface area contributed by atoms with Crippen LogP contribution in [0, 0.1) is 0 Å². The molecule has 5 nitrogen and oxygen atoms in total. The van der Waals surface area contributed by atoms with E-state index in [1.54, 1.807) is 13.2 Å². The third-order valence-electron chi connectivity index (χ3n) is 5.93. The number of para-hydroxylation sites is 1. The van der Waals surface area contributed by atoms with E-state index in [0.29, 0.717) is 13.2 Å². The molecule has 1 spiro atoms. The molecule has 2 heterocycles. The fourth-order valence-corrected chi connectivity index (χ4v) is 4.18. The number of piperidine rings is 1. The second-order valence-electron chi connectivity index (χ2n) is 7.50. The second kappa shape index (κ2) is 7.68. The van der Waals surface area contributed by atoms with Gasteiger partial charge in [0.25, 0.3) is 0 Å². The van der Waals surface area contributed by atoms with Gasteiger partial charge in [-0.2, -0.15) is 0 Å². The van der Waals surface area contributed by atoms with Gasteiger partial charge >= 0.3 is 0 Å². The predicted octanol–water partition coefficient (Wildman–Crippen LogP) is 3.12. The van der Waals surface area contributed by atoms with E-state index in [1.807, 2.05) is 47.4 Å². The molecule has 2 N–H and O–H groups in total. The normalized spacial score (nSPS) is 17.6. The van der Waals surface area contributed by atoms with Crippen LogP contribution in [-0.2, 0) is 16.8 Å². The Hall–Kier alpha value is -2.79. The molecular formula is C23H26N2O3. The summed E-state index contributed by atoms with van der Waals surface area (Å²) in [6.45, 7) is 2.67. The minimum atomic E-state index is 0.00363. The number of ether oxygens (including phenoxy) is 2. The predicted molar refractivity (Wildman–Crippen MR) is 109 cm³/mol. The monoisotopic (exact) mass is 378 g/mol. The Bertz CT molecular complexity index is 898. The second-order valence-corrected chi connectivity index (χ2v) is 7.50. The Labute approximate surface area is 165 Å². The number of likely N-dealkylation sites (tertiary alicyclic amines) is 1. The highest BCUT2D eigenvalue weighted by Gasteiger charge is 2.43. The number of methoxy groups -OCH3 is 1. The molecule has 0 aromatic heterocycles. The Kier molecular flexibility index (Phi) is 5.09. The molecule has 0 saturated carbocycles. The van der Waals surface area contributed by atoms with Gasteiger partial charge in [-0.1, -0.05) is 30.3 Å². The summed E-state index contributed by atoms with van der Waals surface area (Å²) in [5, 5.41) is 0. The number of hydrogen-bond donors (Lipinski definition) is 1. The smallest absolute Gasteiger partial charge is 0.246 e. The first-order valence-electron chi connectivity index (χ1n) is 9.71. The van der Waals surface area contributed by atoms with Gasteiger partial charge in [-0.3, -0.25) is 4.79 Å². The maximum Gasteiger partial charge on any atom is 0.246 e. The molecule has 1 saturated heterocycles. The van der Waals surface area contributed by atoms with Gasteiger partial charge in [-0.25, -0.2) is 0 Å². The van der Waals surface area contributed by atoms with Gasteiger partial charge in [0.05, 0.1) is 13.7 Å². The highest BCUT2D eigenvalue weighted by Crippen LogP contribution is 2.45. The van der Waals surface area contributed by atoms with E-state index in [2.05, 4.69) is 6.07 Å². The van der Waals surface area contributed by atoms with Crippen molar-refractivity contribution in [1.29, 1.82) is 0 Å². The zero-order chi connectivity index (χ0) is 19.6. The summed E-state index contributed by atoms with van der Waals surface area (Å²) in [6, 6.07) is 13.9. The van der Waals surface area contributed by atoms with Gasteiger partial charge in [-0.05, 0) is 36.6 Å². The van der Waals surface area contributed by atoms with E-state index in [-0.39, 0.29) is 11.3 Å². The Morgan fingerprint density at radius 3 is 2.79 bits per heavy atom. The van der Waals surface area contributed by atoms with Crippen molar-refractivity contribution in [2.45, 2.75) is 24.8 Å². The number of rotatable bonds is 4. The van der Waals surface area contributed by atoms with Crippen LogP contribution in [0.3, 0.4) is 0 Å². The largest absolute Gasteiger partial charge is 0.496 e. The van der Waals surface area contributed by atoms with E-state index in [0.717, 1.165) is 48.6 Å². The molecule has 1 amide bonds. The van der Waals surface area contributed by atoms with Crippen LogP contribution in [0.5, 0.6) is 11.5 Å². The number of amides is 1. The lowest BCUT2D eigenvalue weighted by molar-refractivity contribution is -0.127. The number of carbonyl (C=O) groups excluding carboxylic acids is 1. The zero-order valence-corrected chi connectivity index (χ0v) is 16.2. The lowest BCUT2D eigenvalue weighted by atomic mass is 9.74. The summed E-state index contributed by atoms with van der Waals surface area (Å²) >= 11 is 0. The molecule has 0 aliphatic carbocycles. The van der Waals surface area contributed by atoms with Crippen molar-refractivity contribution in [3.05, 3.63) is 65.2 Å². The number of nitrogens with two attached hydrogens (primary N) is 1. The van der Waals surface area contributed by atoms with Crippen LogP contribution in [-0.4, -0.2) is 37.6 Å². The summed E-state index contributed by atoms with van der Waals surface area (Å²) in [5.74, 6) is 1.77. The van der Waals surface area contributed by atoms with Crippen molar-refractivity contribution >= 4 is 12.0 Å². The summed E-state index contributed by atoms with van der Waals surface area (Å²) in [5.41, 5.74) is 9.10. The first-order chi connectivity index (χ1) is 13.6. The van der Waals surface area contributed by atoms with Crippen molar-refractivity contribution in [3.8, 4) is 11.5 Å². The van der Waals surface area contributed by atoms with Gasteiger partial charge in [0.2, 0.25) is 5.91 Å². The van der Waals surface area contributed by atoms with Crippen molar-refractivity contribution < 1.29 is 14.3 Å². The highest BCUT2D eigenvalue weighted by atomic mass is 16.5. The SMILES string of the molecule is COc1ccccc1/C=C\C(=O)N1CCC2(CC1)COc1ccc(CN)cc12. The molecular weight excluding hydrogens is 352 g/mol. The Balaban J connectivity index is 1.44.